The van der Waals surface area contributed by atoms with Gasteiger partial charge in [-0.3, -0.25) is 20.6 Å². The maximum Gasteiger partial charge on any atom is 0.221 e. The second-order valence-corrected chi connectivity index (χ2v) is 7.28. The van der Waals surface area contributed by atoms with Crippen molar-refractivity contribution in [3.8, 4) is 0 Å². The maximum atomic E-state index is 11.1. The van der Waals surface area contributed by atoms with Crippen LogP contribution in [0.15, 0.2) is 34.7 Å². The quantitative estimate of drug-likeness (QED) is 0.782. The summed E-state index contributed by atoms with van der Waals surface area (Å²) in [6.45, 7) is 3.81. The lowest BCUT2D eigenvalue weighted by molar-refractivity contribution is -0.114. The van der Waals surface area contributed by atoms with Crippen molar-refractivity contribution in [2.75, 3.05) is 5.32 Å². The van der Waals surface area contributed by atoms with Crippen LogP contribution < -0.4 is 16.2 Å². The maximum absolute atomic E-state index is 11.1. The summed E-state index contributed by atoms with van der Waals surface area (Å²) in [5.74, 6) is 0.605. The first-order valence-electron chi connectivity index (χ1n) is 8.46. The molecule has 0 unspecified atom stereocenters. The van der Waals surface area contributed by atoms with E-state index in [9.17, 15) is 4.79 Å². The van der Waals surface area contributed by atoms with Gasteiger partial charge >= 0.3 is 0 Å². The molecule has 1 fully saturated rings. The third kappa shape index (κ3) is 4.32. The van der Waals surface area contributed by atoms with Gasteiger partial charge in [0.1, 0.15) is 0 Å². The van der Waals surface area contributed by atoms with E-state index < -0.39 is 0 Å². The second-order valence-electron chi connectivity index (χ2n) is 6.42. The summed E-state index contributed by atoms with van der Waals surface area (Å²) in [4.78, 5) is 15.9. The molecule has 1 heterocycles. The van der Waals surface area contributed by atoms with E-state index in [0.29, 0.717) is 12.0 Å². The molecular weight excluding hydrogens is 320 g/mol. The minimum absolute atomic E-state index is 0.0622. The highest BCUT2D eigenvalue weighted by molar-refractivity contribution is 8.16. The molecule has 0 aromatic heterocycles. The Bertz CT molecular complexity index is 653. The van der Waals surface area contributed by atoms with Gasteiger partial charge in [0.25, 0.3) is 0 Å². The fourth-order valence-electron chi connectivity index (χ4n) is 3.07. The minimum Gasteiger partial charge on any atom is -0.326 e. The van der Waals surface area contributed by atoms with Crippen molar-refractivity contribution < 1.29 is 4.79 Å². The van der Waals surface area contributed by atoms with Gasteiger partial charge in [0.15, 0.2) is 5.17 Å². The Balaban J connectivity index is 1.63. The van der Waals surface area contributed by atoms with E-state index in [0.717, 1.165) is 22.1 Å². The molecule has 1 amide bonds. The fourth-order valence-corrected chi connectivity index (χ4v) is 3.80. The number of anilines is 1. The molecule has 128 valence electrons. The van der Waals surface area contributed by atoms with Gasteiger partial charge < -0.3 is 5.32 Å². The Morgan fingerprint density at radius 3 is 2.58 bits per heavy atom. The van der Waals surface area contributed by atoms with Crippen molar-refractivity contribution >= 4 is 34.2 Å². The molecule has 3 N–H and O–H groups in total. The van der Waals surface area contributed by atoms with Crippen molar-refractivity contribution in [3.05, 3.63) is 35.2 Å². The van der Waals surface area contributed by atoms with Gasteiger partial charge in [-0.25, -0.2) is 0 Å². The predicted octanol–water partition coefficient (Wildman–Crippen LogP) is 3.72. The van der Waals surface area contributed by atoms with Crippen molar-refractivity contribution in [3.63, 3.8) is 0 Å². The van der Waals surface area contributed by atoms with E-state index in [1.807, 2.05) is 24.3 Å². The zero-order valence-electron chi connectivity index (χ0n) is 14.1. The van der Waals surface area contributed by atoms with Crippen LogP contribution in [0.4, 0.5) is 5.69 Å². The molecule has 5 nitrogen and oxygen atoms in total. The van der Waals surface area contributed by atoms with Crippen molar-refractivity contribution in [2.45, 2.75) is 45.6 Å². The second kappa shape index (κ2) is 7.75. The van der Waals surface area contributed by atoms with Crippen LogP contribution in [-0.4, -0.2) is 17.1 Å². The summed E-state index contributed by atoms with van der Waals surface area (Å²) in [5.41, 5.74) is 9.30. The first kappa shape index (κ1) is 16.9. The van der Waals surface area contributed by atoms with Gasteiger partial charge in [-0.05, 0) is 30.9 Å². The molecule has 6 heteroatoms. The highest BCUT2D eigenvalue weighted by Gasteiger charge is 2.22. The van der Waals surface area contributed by atoms with Crippen LogP contribution in [0.5, 0.6) is 0 Å². The number of amides is 1. The summed E-state index contributed by atoms with van der Waals surface area (Å²) >= 11 is 1.62. The molecule has 2 atom stereocenters. The topological polar surface area (TPSA) is 65.5 Å². The Kier molecular flexibility index (Phi) is 5.45. The van der Waals surface area contributed by atoms with Crippen LogP contribution in [0, 0.1) is 5.92 Å². The number of rotatable bonds is 3. The summed E-state index contributed by atoms with van der Waals surface area (Å²) in [7, 11) is 0. The van der Waals surface area contributed by atoms with E-state index >= 15 is 0 Å². The number of hydrogen-bond acceptors (Lipinski definition) is 4. The van der Waals surface area contributed by atoms with Crippen LogP contribution in [0.3, 0.4) is 0 Å². The number of hydrazine groups is 1. The van der Waals surface area contributed by atoms with Gasteiger partial charge in [-0.1, -0.05) is 43.7 Å². The number of thioether (sulfide) groups is 1. The molecule has 1 saturated carbocycles. The summed E-state index contributed by atoms with van der Waals surface area (Å²) < 4.78 is 0. The zero-order valence-corrected chi connectivity index (χ0v) is 15.0. The molecule has 24 heavy (non-hydrogen) atoms. The van der Waals surface area contributed by atoms with Crippen LogP contribution >= 0.6 is 11.8 Å². The lowest BCUT2D eigenvalue weighted by Gasteiger charge is -2.27. The summed E-state index contributed by atoms with van der Waals surface area (Å²) in [6.07, 6.45) is 5.08. The lowest BCUT2D eigenvalue weighted by Crippen LogP contribution is -2.38. The molecule has 1 aliphatic heterocycles. The van der Waals surface area contributed by atoms with E-state index in [1.54, 1.807) is 11.8 Å². The number of carbonyl (C=O) groups is 1. The SMILES string of the molecule is CC(=O)Nc1ccc(C2=CSC(=N[C@@H]3CCCC[C@@H]3C)NN2)cc1. The first-order chi connectivity index (χ1) is 11.6. The van der Waals surface area contributed by atoms with E-state index in [1.165, 1.54) is 32.6 Å². The molecule has 1 aromatic rings. The van der Waals surface area contributed by atoms with Gasteiger partial charge in [0.2, 0.25) is 5.91 Å². The number of aliphatic imine (C=N–C) groups is 1. The van der Waals surface area contributed by atoms with Crippen LogP contribution in [0.25, 0.3) is 5.70 Å². The summed E-state index contributed by atoms with van der Waals surface area (Å²) in [5, 5.41) is 5.79. The number of benzene rings is 1. The summed E-state index contributed by atoms with van der Waals surface area (Å²) in [6, 6.07) is 8.20. The van der Waals surface area contributed by atoms with E-state index in [-0.39, 0.29) is 5.91 Å². The fraction of sp³-hybridized carbons (Fsp3) is 0.444. The number of nitrogens with one attached hydrogen (secondary N) is 3. The molecule has 1 aliphatic carbocycles. The van der Waals surface area contributed by atoms with Gasteiger partial charge in [0, 0.05) is 23.6 Å². The third-order valence-corrected chi connectivity index (χ3v) is 5.24. The Hall–Kier alpha value is -1.95. The van der Waals surface area contributed by atoms with Crippen molar-refractivity contribution in [1.29, 1.82) is 0 Å². The molecule has 1 aromatic carbocycles. The van der Waals surface area contributed by atoms with Gasteiger partial charge in [-0.2, -0.15) is 0 Å². The molecule has 0 spiro atoms. The average molecular weight is 344 g/mol. The first-order valence-corrected chi connectivity index (χ1v) is 9.34. The van der Waals surface area contributed by atoms with Crippen LogP contribution in [0.1, 0.15) is 45.1 Å². The monoisotopic (exact) mass is 344 g/mol. The van der Waals surface area contributed by atoms with Gasteiger partial charge in [-0.15, -0.1) is 0 Å². The smallest absolute Gasteiger partial charge is 0.221 e. The zero-order chi connectivity index (χ0) is 16.9. The Morgan fingerprint density at radius 2 is 1.96 bits per heavy atom. The molecule has 3 rings (SSSR count). The van der Waals surface area contributed by atoms with E-state index in [2.05, 4.69) is 28.5 Å². The molecule has 0 saturated heterocycles. The molecule has 2 aliphatic rings. The molecular formula is C18H24N4OS. The highest BCUT2D eigenvalue weighted by atomic mass is 32.2. The molecule has 0 bridgehead atoms. The normalized spacial score (nSPS) is 25.4. The van der Waals surface area contributed by atoms with E-state index in [4.69, 9.17) is 4.99 Å². The lowest BCUT2D eigenvalue weighted by atomic mass is 9.86. The molecule has 0 radical (unpaired) electrons. The number of carbonyl (C=O) groups excluding carboxylic acids is 1. The Morgan fingerprint density at radius 1 is 1.21 bits per heavy atom. The predicted molar refractivity (Wildman–Crippen MR) is 101 cm³/mol. The number of amidine groups is 1. The number of nitrogens with zero attached hydrogens (tertiary/aromatic N) is 1. The minimum atomic E-state index is -0.0622. The highest BCUT2D eigenvalue weighted by Crippen LogP contribution is 2.28. The Labute approximate surface area is 147 Å². The van der Waals surface area contributed by atoms with Crippen molar-refractivity contribution in [2.24, 2.45) is 10.9 Å². The van der Waals surface area contributed by atoms with Crippen LogP contribution in [0.2, 0.25) is 0 Å². The van der Waals surface area contributed by atoms with Crippen molar-refractivity contribution in [1.82, 2.24) is 10.9 Å². The number of hydrogen-bond donors (Lipinski definition) is 3. The standard InChI is InChI=1S/C18H24N4OS/c1-12-5-3-4-6-16(12)20-18-22-21-17(11-24-18)14-7-9-15(10-8-14)19-13(2)23/h7-12,16,21H,3-6H2,1-2H3,(H,19,23)(H,20,22)/t12-,16+/m0/s1. The average Bonchev–Trinajstić information content (AvgIpc) is 2.58. The van der Waals surface area contributed by atoms with Crippen LogP contribution in [-0.2, 0) is 4.79 Å². The largest absolute Gasteiger partial charge is 0.326 e. The van der Waals surface area contributed by atoms with Gasteiger partial charge in [0.05, 0.1) is 11.7 Å². The third-order valence-electron chi connectivity index (χ3n) is 4.46.